The van der Waals surface area contributed by atoms with Crippen LogP contribution in [0, 0.1) is 0 Å². The van der Waals surface area contributed by atoms with Crippen LogP contribution in [0.1, 0.15) is 11.3 Å². The van der Waals surface area contributed by atoms with Crippen LogP contribution in [0.5, 0.6) is 5.75 Å². The highest BCUT2D eigenvalue weighted by atomic mass is 35.5. The molecule has 0 aliphatic carbocycles. The molecular formula is C15H16Cl2N4O3. The number of fused-ring (bicyclic) bond motifs is 1. The van der Waals surface area contributed by atoms with Gasteiger partial charge in [0.15, 0.2) is 0 Å². The topological polar surface area (TPSA) is 79.4 Å². The van der Waals surface area contributed by atoms with Crippen molar-refractivity contribution in [2.24, 2.45) is 7.05 Å². The summed E-state index contributed by atoms with van der Waals surface area (Å²) in [4.78, 5) is 25.9. The van der Waals surface area contributed by atoms with Crippen molar-refractivity contribution in [1.82, 2.24) is 14.7 Å². The molecule has 0 spiro atoms. The molecule has 2 heterocycles. The van der Waals surface area contributed by atoms with Crippen LogP contribution in [0.3, 0.4) is 0 Å². The fourth-order valence-electron chi connectivity index (χ4n) is 2.75. The molecule has 128 valence electrons. The Labute approximate surface area is 148 Å². The lowest BCUT2D eigenvalue weighted by atomic mass is 10.1. The zero-order chi connectivity index (χ0) is 17.4. The molecule has 0 atom stereocenters. The number of anilines is 1. The zero-order valence-electron chi connectivity index (χ0n) is 13.2. The van der Waals surface area contributed by atoms with Gasteiger partial charge in [0.25, 0.3) is 5.56 Å². The van der Waals surface area contributed by atoms with E-state index < -0.39 is 0 Å². The number of aromatic nitrogens is 2. The fourth-order valence-corrected chi connectivity index (χ4v) is 3.07. The predicted octanol–water partition coefficient (Wildman–Crippen LogP) is 2.62. The predicted molar refractivity (Wildman–Crippen MR) is 92.2 cm³/mol. The van der Waals surface area contributed by atoms with Crippen LogP contribution in [-0.4, -0.2) is 34.4 Å². The lowest BCUT2D eigenvalue weighted by molar-refractivity contribution is 0.204. The number of halogens is 2. The smallest absolute Gasteiger partial charge is 0.322 e. The Balaban J connectivity index is 1.80. The highest BCUT2D eigenvalue weighted by molar-refractivity contribution is 6.42. The van der Waals surface area contributed by atoms with E-state index in [0.717, 1.165) is 11.3 Å². The largest absolute Gasteiger partial charge is 0.495 e. The summed E-state index contributed by atoms with van der Waals surface area (Å²) in [6, 6.07) is 2.79. The van der Waals surface area contributed by atoms with Gasteiger partial charge in [0, 0.05) is 25.2 Å². The van der Waals surface area contributed by atoms with Gasteiger partial charge in [-0.05, 0) is 12.5 Å². The van der Waals surface area contributed by atoms with Gasteiger partial charge in [-0.2, -0.15) is 0 Å². The number of nitrogens with one attached hydrogen (secondary N) is 2. The van der Waals surface area contributed by atoms with Crippen molar-refractivity contribution < 1.29 is 9.53 Å². The SMILES string of the molecule is COc1cc(Cl)c(Cl)cc1NC(=O)N1CCc2c(n(C)[nH]c2=O)C1. The molecule has 0 saturated heterocycles. The minimum Gasteiger partial charge on any atom is -0.495 e. The highest BCUT2D eigenvalue weighted by Crippen LogP contribution is 2.34. The van der Waals surface area contributed by atoms with E-state index >= 15 is 0 Å². The molecule has 9 heteroatoms. The number of benzene rings is 1. The Kier molecular flexibility index (Phi) is 4.47. The number of ether oxygens (including phenoxy) is 1. The standard InChI is InChI=1S/C15H16Cl2N4O3/c1-20-12-7-21(4-3-8(12)14(22)19-20)15(23)18-11-5-9(16)10(17)6-13(11)24-2/h5-6H,3-4,7H2,1-2H3,(H,18,23)(H,19,22). The molecule has 1 aliphatic rings. The van der Waals surface area contributed by atoms with Crippen LogP contribution in [0.25, 0.3) is 0 Å². The van der Waals surface area contributed by atoms with Crippen LogP contribution in [0.15, 0.2) is 16.9 Å². The molecule has 1 aliphatic heterocycles. The second-order valence-corrected chi connectivity index (χ2v) is 6.31. The van der Waals surface area contributed by atoms with E-state index in [-0.39, 0.29) is 11.6 Å². The van der Waals surface area contributed by atoms with Gasteiger partial charge in [-0.1, -0.05) is 23.2 Å². The second kappa shape index (κ2) is 6.41. The highest BCUT2D eigenvalue weighted by Gasteiger charge is 2.26. The molecule has 24 heavy (non-hydrogen) atoms. The van der Waals surface area contributed by atoms with Crippen LogP contribution in [-0.2, 0) is 20.0 Å². The summed E-state index contributed by atoms with van der Waals surface area (Å²) >= 11 is 12.0. The first-order valence-corrected chi connectivity index (χ1v) is 8.02. The summed E-state index contributed by atoms with van der Waals surface area (Å²) in [6.07, 6.45) is 0.511. The van der Waals surface area contributed by atoms with Gasteiger partial charge in [0.1, 0.15) is 5.75 Å². The molecule has 3 rings (SSSR count). The van der Waals surface area contributed by atoms with Gasteiger partial charge >= 0.3 is 6.03 Å². The summed E-state index contributed by atoms with van der Waals surface area (Å²) in [5, 5.41) is 6.15. The molecule has 2 amide bonds. The quantitative estimate of drug-likeness (QED) is 0.852. The maximum atomic E-state index is 12.5. The van der Waals surface area contributed by atoms with Crippen molar-refractivity contribution >= 4 is 34.9 Å². The van der Waals surface area contributed by atoms with Gasteiger partial charge in [0.05, 0.1) is 35.1 Å². The number of hydrogen-bond acceptors (Lipinski definition) is 3. The monoisotopic (exact) mass is 370 g/mol. The first kappa shape index (κ1) is 16.7. The Hall–Kier alpha value is -2.12. The van der Waals surface area contributed by atoms with Gasteiger partial charge in [0.2, 0.25) is 0 Å². The van der Waals surface area contributed by atoms with Crippen molar-refractivity contribution in [2.45, 2.75) is 13.0 Å². The molecule has 1 aromatic carbocycles. The van der Waals surface area contributed by atoms with E-state index in [2.05, 4.69) is 10.4 Å². The summed E-state index contributed by atoms with van der Waals surface area (Å²) in [7, 11) is 3.24. The molecule has 0 radical (unpaired) electrons. The Morgan fingerprint density at radius 1 is 1.33 bits per heavy atom. The number of carbonyl (C=O) groups excluding carboxylic acids is 1. The van der Waals surface area contributed by atoms with Crippen molar-refractivity contribution in [3.8, 4) is 5.75 Å². The second-order valence-electron chi connectivity index (χ2n) is 5.49. The van der Waals surface area contributed by atoms with E-state index in [1.54, 1.807) is 28.8 Å². The Morgan fingerprint density at radius 2 is 2.04 bits per heavy atom. The van der Waals surface area contributed by atoms with E-state index in [1.165, 1.54) is 7.11 Å². The molecule has 0 bridgehead atoms. The molecule has 2 N–H and O–H groups in total. The van der Waals surface area contributed by atoms with Crippen molar-refractivity contribution in [3.63, 3.8) is 0 Å². The number of rotatable bonds is 2. The molecule has 0 saturated carbocycles. The average Bonchev–Trinajstić information content (AvgIpc) is 2.84. The van der Waals surface area contributed by atoms with E-state index in [4.69, 9.17) is 27.9 Å². The van der Waals surface area contributed by atoms with Crippen molar-refractivity contribution in [1.29, 1.82) is 0 Å². The number of H-pyrrole nitrogens is 1. The number of carbonyl (C=O) groups is 1. The molecule has 0 unspecified atom stereocenters. The third kappa shape index (κ3) is 2.97. The Morgan fingerprint density at radius 3 is 2.75 bits per heavy atom. The lowest BCUT2D eigenvalue weighted by Crippen LogP contribution is -2.40. The summed E-state index contributed by atoms with van der Waals surface area (Å²) in [5.41, 5.74) is 1.88. The molecule has 0 fully saturated rings. The number of methoxy groups -OCH3 is 1. The van der Waals surface area contributed by atoms with Crippen LogP contribution < -0.4 is 15.6 Å². The molecule has 7 nitrogen and oxygen atoms in total. The van der Waals surface area contributed by atoms with Gasteiger partial charge in [-0.25, -0.2) is 4.79 Å². The minimum atomic E-state index is -0.300. The number of hydrogen-bond donors (Lipinski definition) is 2. The van der Waals surface area contributed by atoms with Gasteiger partial charge in [-0.15, -0.1) is 0 Å². The summed E-state index contributed by atoms with van der Waals surface area (Å²) in [5.74, 6) is 0.421. The first-order chi connectivity index (χ1) is 11.4. The van der Waals surface area contributed by atoms with E-state index in [0.29, 0.717) is 41.0 Å². The number of aryl methyl sites for hydroxylation is 1. The van der Waals surface area contributed by atoms with Gasteiger partial charge < -0.3 is 15.0 Å². The average molecular weight is 371 g/mol. The summed E-state index contributed by atoms with van der Waals surface area (Å²) in [6.45, 7) is 0.801. The minimum absolute atomic E-state index is 0.0984. The number of amides is 2. The number of urea groups is 1. The summed E-state index contributed by atoms with van der Waals surface area (Å²) < 4.78 is 6.87. The van der Waals surface area contributed by atoms with Crippen LogP contribution in [0.4, 0.5) is 10.5 Å². The van der Waals surface area contributed by atoms with Crippen LogP contribution >= 0.6 is 23.2 Å². The molecular weight excluding hydrogens is 355 g/mol. The fraction of sp³-hybridized carbons (Fsp3) is 0.333. The Bertz CT molecular complexity index is 859. The third-order valence-corrected chi connectivity index (χ3v) is 4.76. The van der Waals surface area contributed by atoms with E-state index in [9.17, 15) is 9.59 Å². The molecule has 1 aromatic heterocycles. The van der Waals surface area contributed by atoms with Crippen molar-refractivity contribution in [2.75, 3.05) is 19.0 Å². The molecule has 2 aromatic rings. The van der Waals surface area contributed by atoms with E-state index in [1.807, 2.05) is 0 Å². The third-order valence-electron chi connectivity index (χ3n) is 4.04. The zero-order valence-corrected chi connectivity index (χ0v) is 14.7. The number of nitrogens with zero attached hydrogens (tertiary/aromatic N) is 2. The lowest BCUT2D eigenvalue weighted by Gasteiger charge is -2.27. The van der Waals surface area contributed by atoms with Gasteiger partial charge in [-0.3, -0.25) is 14.6 Å². The maximum absolute atomic E-state index is 12.5. The normalized spacial score (nSPS) is 13.6. The van der Waals surface area contributed by atoms with Crippen LogP contribution in [0.2, 0.25) is 10.0 Å². The maximum Gasteiger partial charge on any atom is 0.322 e. The number of aromatic amines is 1. The first-order valence-electron chi connectivity index (χ1n) is 7.26. The van der Waals surface area contributed by atoms with Crippen molar-refractivity contribution in [3.05, 3.63) is 43.8 Å².